The molecule has 0 aliphatic carbocycles. The Hall–Kier alpha value is 0.300. The van der Waals surface area contributed by atoms with Gasteiger partial charge in [-0.05, 0) is 19.4 Å². The van der Waals surface area contributed by atoms with Crippen molar-refractivity contribution in [1.29, 1.82) is 0 Å². The van der Waals surface area contributed by atoms with Crippen molar-refractivity contribution in [2.24, 2.45) is 5.73 Å². The first-order valence-electron chi connectivity index (χ1n) is 4.27. The molecule has 0 spiro atoms. The van der Waals surface area contributed by atoms with E-state index in [2.05, 4.69) is 0 Å². The molecule has 88 valence electrons. The average molecular weight is 252 g/mol. The number of nitrogens with two attached hydrogens (primary N) is 1. The van der Waals surface area contributed by atoms with Crippen LogP contribution in [0.1, 0.15) is 26.2 Å². The highest BCUT2D eigenvalue weighted by molar-refractivity contribution is 7.59. The van der Waals surface area contributed by atoms with E-state index >= 15 is 0 Å². The van der Waals surface area contributed by atoms with Gasteiger partial charge >= 0.3 is 5.66 Å². The molecule has 0 saturated heterocycles. The Labute approximate surface area is 88.9 Å². The van der Waals surface area contributed by atoms with Crippen LogP contribution < -0.4 is 5.73 Å². The van der Waals surface area contributed by atoms with E-state index in [-0.39, 0.29) is 31.8 Å². The molecule has 0 aromatic carbocycles. The molecule has 0 aliphatic rings. The van der Waals surface area contributed by atoms with Crippen LogP contribution in [-0.4, -0.2) is 23.3 Å². The van der Waals surface area contributed by atoms with Gasteiger partial charge in [0, 0.05) is 12.6 Å². The van der Waals surface area contributed by atoms with Gasteiger partial charge in [-0.1, -0.05) is 6.92 Å². The van der Waals surface area contributed by atoms with Crippen molar-refractivity contribution in [1.82, 2.24) is 0 Å². The van der Waals surface area contributed by atoms with Gasteiger partial charge < -0.3 is 10.6 Å². The lowest BCUT2D eigenvalue weighted by Gasteiger charge is -2.21. The zero-order chi connectivity index (χ0) is 10.5. The number of hydrogen-bond donors (Lipinski definition) is 2. The van der Waals surface area contributed by atoms with Gasteiger partial charge in [0.1, 0.15) is 0 Å². The summed E-state index contributed by atoms with van der Waals surface area (Å²) < 4.78 is 37.1. The minimum atomic E-state index is -4.34. The van der Waals surface area contributed by atoms with E-state index in [1.165, 1.54) is 0 Å². The summed E-state index contributed by atoms with van der Waals surface area (Å²) in [5.74, 6) is 0. The van der Waals surface area contributed by atoms with E-state index in [0.29, 0.717) is 0 Å². The van der Waals surface area contributed by atoms with Crippen LogP contribution in [0.4, 0.5) is 8.78 Å². The van der Waals surface area contributed by atoms with Crippen molar-refractivity contribution in [3.8, 4) is 0 Å². The van der Waals surface area contributed by atoms with Crippen LogP contribution in [0, 0.1) is 0 Å². The Bertz CT molecular complexity index is 204. The molecule has 7 heteroatoms. The molecule has 0 amide bonds. The molecule has 0 aliphatic heterocycles. The molecule has 1 atom stereocenters. The molecule has 3 N–H and O–H groups in total. The lowest BCUT2D eigenvalue weighted by atomic mass is 10.3. The van der Waals surface area contributed by atoms with Crippen molar-refractivity contribution in [3.63, 3.8) is 0 Å². The van der Waals surface area contributed by atoms with Crippen LogP contribution >= 0.6 is 19.8 Å². The topological polar surface area (TPSA) is 63.3 Å². The third-order valence-electron chi connectivity index (χ3n) is 1.73. The standard InChI is InChI=1S/C7H16F2NO2P.ClH/c1-2-4-7(8,9)13(11,12)6-3-5-10;/h2-6,10H2,1H3,(H,11,12);1H. The fourth-order valence-corrected chi connectivity index (χ4v) is 2.46. The highest BCUT2D eigenvalue weighted by Gasteiger charge is 2.47. The molecule has 0 aromatic heterocycles. The first-order valence-corrected chi connectivity index (χ1v) is 6.11. The van der Waals surface area contributed by atoms with Crippen molar-refractivity contribution in [2.45, 2.75) is 31.8 Å². The zero-order valence-electron chi connectivity index (χ0n) is 8.08. The molecule has 0 radical (unpaired) electrons. The highest BCUT2D eigenvalue weighted by atomic mass is 35.5. The fourth-order valence-electron chi connectivity index (χ4n) is 0.945. The second kappa shape index (κ2) is 6.72. The van der Waals surface area contributed by atoms with Gasteiger partial charge in [-0.15, -0.1) is 12.4 Å². The largest absolute Gasteiger partial charge is 0.340 e. The van der Waals surface area contributed by atoms with Gasteiger partial charge in [0.05, 0.1) is 0 Å². The molecule has 0 rings (SSSR count). The first kappa shape index (κ1) is 16.7. The van der Waals surface area contributed by atoms with E-state index in [4.69, 9.17) is 10.6 Å². The summed E-state index contributed by atoms with van der Waals surface area (Å²) in [6.45, 7) is 1.71. The molecule has 0 fully saturated rings. The minimum Gasteiger partial charge on any atom is -0.340 e. The number of alkyl halides is 2. The van der Waals surface area contributed by atoms with Gasteiger partial charge in [0.2, 0.25) is 0 Å². The molecule has 0 heterocycles. The zero-order valence-corrected chi connectivity index (χ0v) is 9.79. The second-order valence-electron chi connectivity index (χ2n) is 2.98. The van der Waals surface area contributed by atoms with Crippen molar-refractivity contribution < 1.29 is 18.2 Å². The van der Waals surface area contributed by atoms with E-state index in [0.717, 1.165) is 0 Å². The smallest absolute Gasteiger partial charge is 0.321 e. The predicted molar refractivity (Wildman–Crippen MR) is 55.5 cm³/mol. The Kier molecular flexibility index (Phi) is 8.03. The SMILES string of the molecule is CCCC(F)(F)P(=O)(O)CCCN.Cl. The summed E-state index contributed by atoms with van der Waals surface area (Å²) in [6.07, 6.45) is -0.574. The van der Waals surface area contributed by atoms with E-state index in [1.807, 2.05) is 0 Å². The molecule has 0 bridgehead atoms. The predicted octanol–water partition coefficient (Wildman–Crippen LogP) is 2.42. The highest BCUT2D eigenvalue weighted by Crippen LogP contribution is 2.58. The maximum atomic E-state index is 13.0. The van der Waals surface area contributed by atoms with Crippen molar-refractivity contribution in [2.75, 3.05) is 12.7 Å². The number of halogens is 3. The monoisotopic (exact) mass is 251 g/mol. The van der Waals surface area contributed by atoms with Crippen LogP contribution in [-0.2, 0) is 4.57 Å². The number of rotatable bonds is 6. The maximum absolute atomic E-state index is 13.0. The molecule has 1 unspecified atom stereocenters. The van der Waals surface area contributed by atoms with E-state index in [1.54, 1.807) is 6.92 Å². The molecular weight excluding hydrogens is 235 g/mol. The Morgan fingerprint density at radius 2 is 2.00 bits per heavy atom. The summed E-state index contributed by atoms with van der Waals surface area (Å²) in [5.41, 5.74) is 1.63. The van der Waals surface area contributed by atoms with Crippen molar-refractivity contribution >= 4 is 19.8 Å². The molecule has 3 nitrogen and oxygen atoms in total. The lowest BCUT2D eigenvalue weighted by Crippen LogP contribution is -2.19. The second-order valence-corrected chi connectivity index (χ2v) is 5.49. The van der Waals surface area contributed by atoms with Crippen molar-refractivity contribution in [3.05, 3.63) is 0 Å². The van der Waals surface area contributed by atoms with Gasteiger partial charge in [-0.25, -0.2) is 0 Å². The first-order chi connectivity index (χ1) is 5.87. The molecule has 14 heavy (non-hydrogen) atoms. The molecule has 0 aromatic rings. The van der Waals surface area contributed by atoms with Crippen LogP contribution in [0.5, 0.6) is 0 Å². The van der Waals surface area contributed by atoms with Crippen LogP contribution in [0.3, 0.4) is 0 Å². The van der Waals surface area contributed by atoms with Crippen LogP contribution in [0.15, 0.2) is 0 Å². The summed E-state index contributed by atoms with van der Waals surface area (Å²) in [4.78, 5) is 9.05. The average Bonchev–Trinajstić information content (AvgIpc) is 2.00. The lowest BCUT2D eigenvalue weighted by molar-refractivity contribution is 0.0661. The summed E-state index contributed by atoms with van der Waals surface area (Å²) in [7, 11) is -4.34. The third-order valence-corrected chi connectivity index (χ3v) is 3.90. The molecule has 0 saturated carbocycles. The third kappa shape index (κ3) is 4.69. The quantitative estimate of drug-likeness (QED) is 0.713. The maximum Gasteiger partial charge on any atom is 0.321 e. The van der Waals surface area contributed by atoms with E-state index in [9.17, 15) is 13.3 Å². The van der Waals surface area contributed by atoms with E-state index < -0.39 is 25.6 Å². The van der Waals surface area contributed by atoms with Gasteiger partial charge in [0.25, 0.3) is 7.37 Å². The van der Waals surface area contributed by atoms with Gasteiger partial charge in [0.15, 0.2) is 0 Å². The van der Waals surface area contributed by atoms with Gasteiger partial charge in [-0.3, -0.25) is 4.57 Å². The Morgan fingerprint density at radius 3 is 2.36 bits per heavy atom. The van der Waals surface area contributed by atoms with Crippen LogP contribution in [0.25, 0.3) is 0 Å². The van der Waals surface area contributed by atoms with Gasteiger partial charge in [-0.2, -0.15) is 8.78 Å². The Balaban J connectivity index is 0. The number of hydrogen-bond acceptors (Lipinski definition) is 2. The fraction of sp³-hybridized carbons (Fsp3) is 1.00. The van der Waals surface area contributed by atoms with Crippen LogP contribution in [0.2, 0.25) is 0 Å². The summed E-state index contributed by atoms with van der Waals surface area (Å²) >= 11 is 0. The Morgan fingerprint density at radius 1 is 1.50 bits per heavy atom. The molecular formula is C7H17ClF2NO2P. The summed E-state index contributed by atoms with van der Waals surface area (Å²) in [6, 6.07) is 0. The normalized spacial score (nSPS) is 15.8. The summed E-state index contributed by atoms with van der Waals surface area (Å²) in [5, 5.41) is 0. The minimum absolute atomic E-state index is 0.